The number of carbonyl (C=O) groups is 1. The van der Waals surface area contributed by atoms with Crippen LogP contribution in [0.5, 0.6) is 5.75 Å². The Morgan fingerprint density at radius 3 is 2.85 bits per heavy atom. The van der Waals surface area contributed by atoms with Crippen LogP contribution in [-0.2, 0) is 4.74 Å². The first-order valence-corrected chi connectivity index (χ1v) is 9.41. The Hall–Kier alpha value is -2.12. The van der Waals surface area contributed by atoms with E-state index in [9.17, 15) is 9.90 Å². The summed E-state index contributed by atoms with van der Waals surface area (Å²) in [5.74, 6) is -0.123. The van der Waals surface area contributed by atoms with Crippen molar-refractivity contribution in [1.29, 1.82) is 0 Å². The number of fused-ring (bicyclic) bond motifs is 3. The van der Waals surface area contributed by atoms with Gasteiger partial charge in [0.05, 0.1) is 24.1 Å². The van der Waals surface area contributed by atoms with Gasteiger partial charge in [0.15, 0.2) is 5.69 Å². The summed E-state index contributed by atoms with van der Waals surface area (Å²) in [6.07, 6.45) is 2.58. The van der Waals surface area contributed by atoms with Gasteiger partial charge in [-0.2, -0.15) is 5.10 Å². The molecule has 2 aliphatic rings. The molecule has 2 aliphatic heterocycles. The topological polar surface area (TPSA) is 88.4 Å². The van der Waals surface area contributed by atoms with Crippen LogP contribution < -0.4 is 10.6 Å². The second kappa shape index (κ2) is 6.89. The Morgan fingerprint density at radius 2 is 2.15 bits per heavy atom. The number of hydrogen-bond acceptors (Lipinski definition) is 5. The van der Waals surface area contributed by atoms with Gasteiger partial charge < -0.3 is 20.5 Å². The summed E-state index contributed by atoms with van der Waals surface area (Å²) in [4.78, 5) is 13.0. The molecule has 2 aromatic rings. The standard InChI is InChI=1S/C19H26N4O3/c1-3-11(2)23-15-5-4-6-16(24)17(15)18(22-23)19(25)21-12-7-13-9-26-10-14(8-12)20-13/h4-6,11-14,20,24H,3,7-10H2,1-2H3,(H,21,25). The lowest BCUT2D eigenvalue weighted by atomic mass is 9.92. The molecule has 7 nitrogen and oxygen atoms in total. The van der Waals surface area contributed by atoms with Gasteiger partial charge in [-0.1, -0.05) is 13.0 Å². The fourth-order valence-electron chi connectivity index (χ4n) is 4.05. The van der Waals surface area contributed by atoms with Gasteiger partial charge in [0.1, 0.15) is 5.75 Å². The molecule has 2 saturated heterocycles. The molecule has 1 aromatic carbocycles. The van der Waals surface area contributed by atoms with Crippen LogP contribution in [0.4, 0.5) is 0 Å². The monoisotopic (exact) mass is 358 g/mol. The molecule has 3 heterocycles. The van der Waals surface area contributed by atoms with E-state index in [-0.39, 0.29) is 35.8 Å². The predicted molar refractivity (Wildman–Crippen MR) is 98.4 cm³/mol. The van der Waals surface area contributed by atoms with E-state index in [1.54, 1.807) is 12.1 Å². The molecule has 1 aromatic heterocycles. The molecule has 2 bridgehead atoms. The molecule has 0 aliphatic carbocycles. The number of aromatic nitrogens is 2. The van der Waals surface area contributed by atoms with E-state index < -0.39 is 0 Å². The van der Waals surface area contributed by atoms with E-state index in [4.69, 9.17) is 4.74 Å². The summed E-state index contributed by atoms with van der Waals surface area (Å²) in [6.45, 7) is 5.52. The number of phenols is 1. The number of carbonyl (C=O) groups excluding carboxylic acids is 1. The number of hydrogen-bond donors (Lipinski definition) is 3. The van der Waals surface area contributed by atoms with Crippen molar-refractivity contribution in [2.45, 2.75) is 57.3 Å². The number of phenolic OH excluding ortho intramolecular Hbond substituents is 1. The van der Waals surface area contributed by atoms with E-state index in [0.29, 0.717) is 24.3 Å². The third-order valence-corrected chi connectivity index (χ3v) is 5.52. The number of ether oxygens (including phenoxy) is 1. The molecule has 0 radical (unpaired) electrons. The molecule has 140 valence electrons. The predicted octanol–water partition coefficient (Wildman–Crippen LogP) is 1.96. The van der Waals surface area contributed by atoms with Crippen molar-refractivity contribution in [1.82, 2.24) is 20.4 Å². The lowest BCUT2D eigenvalue weighted by Gasteiger charge is -2.40. The van der Waals surface area contributed by atoms with Gasteiger partial charge in [0, 0.05) is 24.2 Å². The van der Waals surface area contributed by atoms with Crippen LogP contribution in [0.2, 0.25) is 0 Å². The van der Waals surface area contributed by atoms with Crippen molar-refractivity contribution in [2.24, 2.45) is 0 Å². The van der Waals surface area contributed by atoms with Crippen LogP contribution in [0.1, 0.15) is 49.6 Å². The number of nitrogens with one attached hydrogen (secondary N) is 2. The van der Waals surface area contributed by atoms with Gasteiger partial charge in [-0.15, -0.1) is 0 Å². The highest BCUT2D eigenvalue weighted by Crippen LogP contribution is 2.30. The summed E-state index contributed by atoms with van der Waals surface area (Å²) in [6, 6.07) is 6.11. The lowest BCUT2D eigenvalue weighted by Crippen LogP contribution is -2.58. The van der Waals surface area contributed by atoms with Crippen molar-refractivity contribution >= 4 is 16.8 Å². The van der Waals surface area contributed by atoms with E-state index in [2.05, 4.69) is 29.6 Å². The van der Waals surface area contributed by atoms with Gasteiger partial charge in [-0.25, -0.2) is 0 Å². The fraction of sp³-hybridized carbons (Fsp3) is 0.579. The van der Waals surface area contributed by atoms with Crippen molar-refractivity contribution in [3.63, 3.8) is 0 Å². The summed E-state index contributed by atoms with van der Waals surface area (Å²) in [5.41, 5.74) is 1.10. The van der Waals surface area contributed by atoms with Gasteiger partial charge in [0.2, 0.25) is 0 Å². The first kappa shape index (κ1) is 17.3. The zero-order chi connectivity index (χ0) is 18.3. The lowest BCUT2D eigenvalue weighted by molar-refractivity contribution is 0.0148. The zero-order valence-electron chi connectivity index (χ0n) is 15.2. The zero-order valence-corrected chi connectivity index (χ0v) is 15.2. The van der Waals surface area contributed by atoms with Crippen LogP contribution in [-0.4, -0.2) is 52.1 Å². The Labute approximate surface area is 152 Å². The van der Waals surface area contributed by atoms with Crippen molar-refractivity contribution in [3.8, 4) is 5.75 Å². The smallest absolute Gasteiger partial charge is 0.272 e. The third-order valence-electron chi connectivity index (χ3n) is 5.52. The number of piperidine rings is 1. The maximum atomic E-state index is 13.0. The summed E-state index contributed by atoms with van der Waals surface area (Å²) in [7, 11) is 0. The highest BCUT2D eigenvalue weighted by atomic mass is 16.5. The van der Waals surface area contributed by atoms with E-state index >= 15 is 0 Å². The van der Waals surface area contributed by atoms with E-state index in [0.717, 1.165) is 24.8 Å². The van der Waals surface area contributed by atoms with Gasteiger partial charge in [-0.3, -0.25) is 9.48 Å². The minimum atomic E-state index is -0.218. The second-order valence-corrected chi connectivity index (χ2v) is 7.46. The molecule has 0 saturated carbocycles. The van der Waals surface area contributed by atoms with Crippen LogP contribution in [0.3, 0.4) is 0 Å². The maximum absolute atomic E-state index is 13.0. The van der Waals surface area contributed by atoms with Crippen molar-refractivity contribution in [3.05, 3.63) is 23.9 Å². The first-order valence-electron chi connectivity index (χ1n) is 9.41. The Balaban J connectivity index is 1.62. The Kier molecular flexibility index (Phi) is 4.58. The van der Waals surface area contributed by atoms with Gasteiger partial charge >= 0.3 is 0 Å². The van der Waals surface area contributed by atoms with Crippen LogP contribution in [0, 0.1) is 0 Å². The minimum absolute atomic E-state index is 0.0947. The number of nitrogens with zero attached hydrogens (tertiary/aromatic N) is 2. The van der Waals surface area contributed by atoms with Crippen molar-refractivity contribution in [2.75, 3.05) is 13.2 Å². The number of aromatic hydroxyl groups is 1. The Bertz CT molecular complexity index is 806. The summed E-state index contributed by atoms with van der Waals surface area (Å²) >= 11 is 0. The molecule has 7 heteroatoms. The van der Waals surface area contributed by atoms with Crippen LogP contribution in [0.15, 0.2) is 18.2 Å². The number of morpholine rings is 1. The summed E-state index contributed by atoms with van der Waals surface area (Å²) in [5, 5.41) is 22.1. The van der Waals surface area contributed by atoms with Crippen LogP contribution >= 0.6 is 0 Å². The molecule has 1 amide bonds. The molecular formula is C19H26N4O3. The molecular weight excluding hydrogens is 332 g/mol. The molecule has 3 atom stereocenters. The Morgan fingerprint density at radius 1 is 1.42 bits per heavy atom. The average molecular weight is 358 g/mol. The van der Waals surface area contributed by atoms with Crippen molar-refractivity contribution < 1.29 is 14.6 Å². The number of rotatable bonds is 4. The fourth-order valence-corrected chi connectivity index (χ4v) is 4.05. The molecule has 2 fully saturated rings. The highest BCUT2D eigenvalue weighted by molar-refractivity contribution is 6.07. The number of benzene rings is 1. The number of amides is 1. The molecule has 3 N–H and O–H groups in total. The third kappa shape index (κ3) is 3.05. The van der Waals surface area contributed by atoms with Gasteiger partial charge in [0.25, 0.3) is 5.91 Å². The first-order chi connectivity index (χ1) is 12.6. The highest BCUT2D eigenvalue weighted by Gasteiger charge is 2.33. The van der Waals surface area contributed by atoms with E-state index in [1.165, 1.54) is 0 Å². The maximum Gasteiger partial charge on any atom is 0.272 e. The normalized spacial score (nSPS) is 26.6. The average Bonchev–Trinajstić information content (AvgIpc) is 3.02. The molecule has 4 rings (SSSR count). The second-order valence-electron chi connectivity index (χ2n) is 7.46. The molecule has 26 heavy (non-hydrogen) atoms. The van der Waals surface area contributed by atoms with E-state index in [1.807, 2.05) is 10.7 Å². The molecule has 3 unspecified atom stereocenters. The largest absolute Gasteiger partial charge is 0.507 e. The quantitative estimate of drug-likeness (QED) is 0.778. The SMILES string of the molecule is CCC(C)n1nc(C(=O)NC2CC3COCC(C2)N3)c2c(O)cccc21. The van der Waals surface area contributed by atoms with Crippen LogP contribution in [0.25, 0.3) is 10.9 Å². The minimum Gasteiger partial charge on any atom is -0.507 e. The van der Waals surface area contributed by atoms with Gasteiger partial charge in [-0.05, 0) is 38.3 Å². The molecule has 0 spiro atoms. The summed E-state index contributed by atoms with van der Waals surface area (Å²) < 4.78 is 7.41.